The zero-order valence-corrected chi connectivity index (χ0v) is 10.2. The van der Waals surface area contributed by atoms with Gasteiger partial charge in [0.25, 0.3) is 11.8 Å². The first kappa shape index (κ1) is 14.1. The molecule has 1 aromatic rings. The minimum absolute atomic E-state index is 0.110. The van der Waals surface area contributed by atoms with Gasteiger partial charge in [-0.1, -0.05) is 0 Å². The minimum atomic E-state index is -0.707. The zero-order valence-electron chi connectivity index (χ0n) is 9.35. The van der Waals surface area contributed by atoms with Crippen molar-refractivity contribution < 1.29 is 19.2 Å². The van der Waals surface area contributed by atoms with Gasteiger partial charge in [-0.3, -0.25) is 9.59 Å². The number of nitrogens with zero attached hydrogens (tertiary/aromatic N) is 3. The van der Waals surface area contributed by atoms with Gasteiger partial charge in [0.15, 0.2) is 0 Å². The number of carbonyl (C=O) groups excluding carboxylic acids is 3. The summed E-state index contributed by atoms with van der Waals surface area (Å²) in [6.07, 6.45) is 5.09. The summed E-state index contributed by atoms with van der Waals surface area (Å²) in [5.74, 6) is -1.82. The van der Waals surface area contributed by atoms with Crippen LogP contribution in [0, 0.1) is 0 Å². The van der Waals surface area contributed by atoms with E-state index in [1.807, 2.05) is 0 Å². The summed E-state index contributed by atoms with van der Waals surface area (Å²) in [4.78, 5) is 44.0. The second-order valence-corrected chi connectivity index (χ2v) is 3.42. The van der Waals surface area contributed by atoms with Gasteiger partial charge in [0.05, 0.1) is 5.75 Å². The van der Waals surface area contributed by atoms with Gasteiger partial charge in [0, 0.05) is 25.2 Å². The average molecular weight is 269 g/mol. The first-order chi connectivity index (χ1) is 8.65. The van der Waals surface area contributed by atoms with Gasteiger partial charge < -0.3 is 4.84 Å². The summed E-state index contributed by atoms with van der Waals surface area (Å²) >= 11 is 3.62. The standard InChI is InChI=1S/C6H7NO4S.C4H4N2/c8-4-1-2-5(9)7(4)11-6(10)3-12;1-2-5-4-6-3-1/h12H,1-3H2;1-4H. The average Bonchev–Trinajstić information content (AvgIpc) is 2.73. The number of carbonyl (C=O) groups is 3. The van der Waals surface area contributed by atoms with Gasteiger partial charge in [0.1, 0.15) is 6.33 Å². The van der Waals surface area contributed by atoms with Crippen molar-refractivity contribution in [1.82, 2.24) is 15.0 Å². The van der Waals surface area contributed by atoms with Gasteiger partial charge >= 0.3 is 5.97 Å². The molecule has 0 radical (unpaired) electrons. The van der Waals surface area contributed by atoms with Crippen LogP contribution in [0.3, 0.4) is 0 Å². The Balaban J connectivity index is 0.000000225. The lowest BCUT2D eigenvalue weighted by Crippen LogP contribution is -2.32. The largest absolute Gasteiger partial charge is 0.342 e. The molecular weight excluding hydrogens is 258 g/mol. The van der Waals surface area contributed by atoms with Gasteiger partial charge in [-0.2, -0.15) is 12.6 Å². The van der Waals surface area contributed by atoms with Crippen LogP contribution < -0.4 is 0 Å². The number of hydrogen-bond acceptors (Lipinski definition) is 7. The fraction of sp³-hybridized carbons (Fsp3) is 0.300. The highest BCUT2D eigenvalue weighted by molar-refractivity contribution is 7.81. The molecule has 2 amide bonds. The normalized spacial score (nSPS) is 13.9. The van der Waals surface area contributed by atoms with E-state index in [0.717, 1.165) is 0 Å². The molecule has 1 aromatic heterocycles. The summed E-state index contributed by atoms with van der Waals surface area (Å²) < 4.78 is 0. The Morgan fingerprint density at radius 3 is 2.17 bits per heavy atom. The van der Waals surface area contributed by atoms with Crippen LogP contribution in [0.2, 0.25) is 0 Å². The molecule has 0 unspecified atom stereocenters. The number of imide groups is 1. The third-order valence-electron chi connectivity index (χ3n) is 1.81. The summed E-state index contributed by atoms with van der Waals surface area (Å²) in [6.45, 7) is 0. The molecule has 8 heteroatoms. The molecule has 0 atom stereocenters. The molecule has 0 saturated carbocycles. The molecule has 1 aliphatic heterocycles. The van der Waals surface area contributed by atoms with Crippen molar-refractivity contribution in [2.75, 3.05) is 5.75 Å². The molecule has 7 nitrogen and oxygen atoms in total. The van der Waals surface area contributed by atoms with Crippen LogP contribution in [0.1, 0.15) is 12.8 Å². The Hall–Kier alpha value is -1.96. The van der Waals surface area contributed by atoms with E-state index in [0.29, 0.717) is 5.06 Å². The van der Waals surface area contributed by atoms with Gasteiger partial charge in [-0.25, -0.2) is 14.8 Å². The molecule has 0 N–H and O–H groups in total. The van der Waals surface area contributed by atoms with E-state index in [1.165, 1.54) is 6.33 Å². The van der Waals surface area contributed by atoms with E-state index >= 15 is 0 Å². The van der Waals surface area contributed by atoms with E-state index in [1.54, 1.807) is 18.5 Å². The monoisotopic (exact) mass is 269 g/mol. The molecule has 0 spiro atoms. The Bertz CT molecular complexity index is 384. The molecular formula is C10H11N3O4S. The van der Waals surface area contributed by atoms with Crippen molar-refractivity contribution >= 4 is 30.4 Å². The Kier molecular flexibility index (Phi) is 5.78. The molecule has 1 aliphatic rings. The summed E-state index contributed by atoms with van der Waals surface area (Å²) in [6, 6.07) is 1.78. The maximum Gasteiger partial charge on any atom is 0.342 e. The smallest absolute Gasteiger partial charge is 0.329 e. The maximum absolute atomic E-state index is 10.8. The van der Waals surface area contributed by atoms with Crippen LogP contribution in [-0.2, 0) is 19.2 Å². The van der Waals surface area contributed by atoms with Gasteiger partial charge in [-0.05, 0) is 6.07 Å². The SMILES string of the molecule is O=C(CS)ON1C(=O)CCC1=O.c1cncnc1. The third kappa shape index (κ3) is 4.50. The van der Waals surface area contributed by atoms with Crippen molar-refractivity contribution in [3.63, 3.8) is 0 Å². The summed E-state index contributed by atoms with van der Waals surface area (Å²) in [7, 11) is 0. The van der Waals surface area contributed by atoms with E-state index in [4.69, 9.17) is 0 Å². The highest BCUT2D eigenvalue weighted by atomic mass is 32.1. The minimum Gasteiger partial charge on any atom is -0.329 e. The molecule has 0 aromatic carbocycles. The fourth-order valence-electron chi connectivity index (χ4n) is 1.04. The Morgan fingerprint density at radius 2 is 1.83 bits per heavy atom. The Labute approximate surface area is 109 Å². The summed E-state index contributed by atoms with van der Waals surface area (Å²) in [5, 5.41) is 0.499. The number of amides is 2. The molecule has 2 rings (SSSR count). The molecule has 1 saturated heterocycles. The number of aromatic nitrogens is 2. The van der Waals surface area contributed by atoms with E-state index in [9.17, 15) is 14.4 Å². The van der Waals surface area contributed by atoms with Crippen molar-refractivity contribution in [3.05, 3.63) is 24.8 Å². The van der Waals surface area contributed by atoms with Crippen molar-refractivity contribution in [2.24, 2.45) is 0 Å². The topological polar surface area (TPSA) is 89.5 Å². The predicted molar refractivity (Wildman–Crippen MR) is 63.1 cm³/mol. The second-order valence-electron chi connectivity index (χ2n) is 3.11. The lowest BCUT2D eigenvalue weighted by Gasteiger charge is -2.10. The molecule has 1 fully saturated rings. The molecule has 96 valence electrons. The molecule has 2 heterocycles. The lowest BCUT2D eigenvalue weighted by molar-refractivity contribution is -0.195. The lowest BCUT2D eigenvalue weighted by atomic mass is 10.4. The van der Waals surface area contributed by atoms with Crippen molar-refractivity contribution in [1.29, 1.82) is 0 Å². The van der Waals surface area contributed by atoms with Crippen LogP contribution in [-0.4, -0.2) is 38.6 Å². The van der Waals surface area contributed by atoms with Crippen molar-refractivity contribution in [2.45, 2.75) is 12.8 Å². The predicted octanol–water partition coefficient (Wildman–Crippen LogP) is 0. The van der Waals surface area contributed by atoms with Crippen molar-refractivity contribution in [3.8, 4) is 0 Å². The van der Waals surface area contributed by atoms with Crippen LogP contribution in [0.25, 0.3) is 0 Å². The fourth-order valence-corrected chi connectivity index (χ4v) is 1.10. The van der Waals surface area contributed by atoms with E-state index in [2.05, 4.69) is 27.4 Å². The number of hydrogen-bond donors (Lipinski definition) is 1. The first-order valence-corrected chi connectivity index (χ1v) is 5.66. The van der Waals surface area contributed by atoms with Crippen LogP contribution >= 0.6 is 12.6 Å². The quantitative estimate of drug-likeness (QED) is 0.600. The van der Waals surface area contributed by atoms with Crippen LogP contribution in [0.5, 0.6) is 0 Å². The molecule has 0 bridgehead atoms. The zero-order chi connectivity index (χ0) is 13.4. The third-order valence-corrected chi connectivity index (χ3v) is 2.06. The highest BCUT2D eigenvalue weighted by Gasteiger charge is 2.32. The van der Waals surface area contributed by atoms with Crippen LogP contribution in [0.4, 0.5) is 0 Å². The highest BCUT2D eigenvalue weighted by Crippen LogP contribution is 2.11. The number of hydroxylamine groups is 2. The number of rotatable bonds is 2. The summed E-state index contributed by atoms with van der Waals surface area (Å²) in [5.41, 5.74) is 0. The first-order valence-electron chi connectivity index (χ1n) is 5.02. The van der Waals surface area contributed by atoms with Crippen LogP contribution in [0.15, 0.2) is 24.8 Å². The maximum atomic E-state index is 10.8. The van der Waals surface area contributed by atoms with Gasteiger partial charge in [-0.15, -0.1) is 5.06 Å². The number of thiol groups is 1. The Morgan fingerprint density at radius 1 is 1.28 bits per heavy atom. The molecule has 18 heavy (non-hydrogen) atoms. The van der Waals surface area contributed by atoms with Gasteiger partial charge in [0.2, 0.25) is 0 Å². The van der Waals surface area contributed by atoms with E-state index in [-0.39, 0.29) is 18.6 Å². The van der Waals surface area contributed by atoms with E-state index < -0.39 is 17.8 Å². The second kappa shape index (κ2) is 7.38. The molecule has 0 aliphatic carbocycles.